The summed E-state index contributed by atoms with van der Waals surface area (Å²) in [5, 5.41) is 18.2. The predicted octanol–water partition coefficient (Wildman–Crippen LogP) is 3.22. The molecule has 3 aromatic heterocycles. The summed E-state index contributed by atoms with van der Waals surface area (Å²) in [4.78, 5) is 26.9. The molecule has 2 fully saturated rings. The monoisotopic (exact) mass is 559 g/mol. The molecule has 0 radical (unpaired) electrons. The van der Waals surface area contributed by atoms with Gasteiger partial charge in [-0.2, -0.15) is 28.6 Å². The lowest BCUT2D eigenvalue weighted by Crippen LogP contribution is -2.68. The molecule has 3 aromatic rings. The molecule has 40 heavy (non-hydrogen) atoms. The number of ether oxygens (including phenoxy) is 1. The van der Waals surface area contributed by atoms with E-state index in [0.29, 0.717) is 35.7 Å². The zero-order valence-electron chi connectivity index (χ0n) is 21.7. The van der Waals surface area contributed by atoms with E-state index in [1.54, 1.807) is 16.9 Å². The van der Waals surface area contributed by atoms with Gasteiger partial charge < -0.3 is 14.5 Å². The lowest BCUT2D eigenvalue weighted by Gasteiger charge is -2.45. The van der Waals surface area contributed by atoms with Gasteiger partial charge in [0.1, 0.15) is 22.9 Å². The van der Waals surface area contributed by atoms with Gasteiger partial charge in [-0.1, -0.05) is 0 Å². The van der Waals surface area contributed by atoms with Crippen molar-refractivity contribution < 1.29 is 31.9 Å². The number of likely N-dealkylation sites (tertiary alicyclic amines) is 2. The maximum atomic E-state index is 15.2. The first-order valence-corrected chi connectivity index (χ1v) is 12.5. The van der Waals surface area contributed by atoms with Crippen LogP contribution < -0.4 is 4.74 Å². The molecule has 2 saturated heterocycles. The maximum Gasteiger partial charge on any atom is 0.409 e. The topological polar surface area (TPSA) is 109 Å². The van der Waals surface area contributed by atoms with Gasteiger partial charge in [0.15, 0.2) is 0 Å². The summed E-state index contributed by atoms with van der Waals surface area (Å²) < 4.78 is 60.9. The first-order valence-electron chi connectivity index (χ1n) is 12.5. The number of carbonyl (C=O) groups excluding carboxylic acids is 2. The Morgan fingerprint density at radius 1 is 1.18 bits per heavy atom. The van der Waals surface area contributed by atoms with E-state index in [9.17, 15) is 28.0 Å². The van der Waals surface area contributed by atoms with E-state index in [-0.39, 0.29) is 25.2 Å². The van der Waals surface area contributed by atoms with Gasteiger partial charge in [0.05, 0.1) is 38.6 Å². The second-order valence-corrected chi connectivity index (χ2v) is 9.91. The molecule has 0 spiro atoms. The van der Waals surface area contributed by atoms with Crippen LogP contribution in [0.25, 0.3) is 16.6 Å². The number of methoxy groups -OCH3 is 1. The summed E-state index contributed by atoms with van der Waals surface area (Å²) in [6.07, 6.45) is 1.51. The number of rotatable bonds is 5. The molecule has 2 amide bonds. The van der Waals surface area contributed by atoms with E-state index in [0.717, 1.165) is 21.7 Å². The third-order valence-corrected chi connectivity index (χ3v) is 7.36. The normalized spacial score (nSPS) is 17.7. The summed E-state index contributed by atoms with van der Waals surface area (Å²) in [5.41, 5.74) is 1.17. The van der Waals surface area contributed by atoms with Crippen molar-refractivity contribution >= 4 is 17.3 Å². The zero-order chi connectivity index (χ0) is 28.8. The van der Waals surface area contributed by atoms with Gasteiger partial charge in [-0.15, -0.1) is 0 Å². The van der Waals surface area contributed by atoms with Crippen molar-refractivity contribution in [1.29, 1.82) is 5.26 Å². The van der Waals surface area contributed by atoms with E-state index in [2.05, 4.69) is 16.3 Å². The van der Waals surface area contributed by atoms with E-state index in [1.165, 1.54) is 18.2 Å². The van der Waals surface area contributed by atoms with Crippen molar-refractivity contribution in [2.75, 3.05) is 33.3 Å². The van der Waals surface area contributed by atoms with Crippen molar-refractivity contribution in [2.24, 2.45) is 0 Å². The largest absolute Gasteiger partial charge is 0.494 e. The van der Waals surface area contributed by atoms with E-state index in [1.807, 2.05) is 17.7 Å². The van der Waals surface area contributed by atoms with E-state index in [4.69, 9.17) is 4.74 Å². The number of piperidine rings is 1. The van der Waals surface area contributed by atoms with Crippen molar-refractivity contribution in [3.8, 4) is 22.9 Å². The average Bonchev–Trinajstić information content (AvgIpc) is 3.51. The molecule has 0 aromatic carbocycles. The first kappa shape index (κ1) is 27.2. The second kappa shape index (κ2) is 9.96. The molecule has 5 heterocycles. The fourth-order valence-electron chi connectivity index (χ4n) is 5.26. The van der Waals surface area contributed by atoms with Gasteiger partial charge in [0.25, 0.3) is 5.91 Å². The molecule has 0 saturated carbocycles. The van der Waals surface area contributed by atoms with Crippen LogP contribution in [-0.4, -0.2) is 86.1 Å². The highest BCUT2D eigenvalue weighted by atomic mass is 19.4. The minimum absolute atomic E-state index is 0.0409. The molecule has 2 aliphatic rings. The summed E-state index contributed by atoms with van der Waals surface area (Å²) in [6, 6.07) is 3.88. The number of halogens is 4. The Bertz CT molecular complexity index is 1540. The third kappa shape index (κ3) is 4.87. The number of fused-ring (bicyclic) bond motifs is 1. The van der Waals surface area contributed by atoms with Crippen molar-refractivity contribution in [1.82, 2.24) is 29.2 Å². The van der Waals surface area contributed by atoms with Gasteiger partial charge in [-0.3, -0.25) is 14.3 Å². The molecule has 210 valence electrons. The Morgan fingerprint density at radius 3 is 2.50 bits per heavy atom. The lowest BCUT2D eigenvalue weighted by molar-refractivity contribution is -0.163. The highest BCUT2D eigenvalue weighted by molar-refractivity contribution is 5.93. The van der Waals surface area contributed by atoms with Crippen LogP contribution in [0, 0.1) is 18.3 Å². The molecule has 5 rings (SSSR count). The van der Waals surface area contributed by atoms with Crippen LogP contribution in [-0.2, 0) is 9.59 Å². The van der Waals surface area contributed by atoms with Crippen LogP contribution in [0.15, 0.2) is 36.8 Å². The van der Waals surface area contributed by atoms with Crippen molar-refractivity contribution in [3.05, 3.63) is 48.1 Å². The van der Waals surface area contributed by atoms with Gasteiger partial charge in [-0.25, -0.2) is 8.91 Å². The van der Waals surface area contributed by atoms with Crippen LogP contribution in [0.5, 0.6) is 5.75 Å². The van der Waals surface area contributed by atoms with Crippen molar-refractivity contribution in [2.45, 2.75) is 37.7 Å². The number of allylic oxidation sites excluding steroid dienone is 1. The van der Waals surface area contributed by atoms with Gasteiger partial charge in [-0.05, 0) is 25.8 Å². The Balaban J connectivity index is 1.23. The van der Waals surface area contributed by atoms with Gasteiger partial charge in [0.2, 0.25) is 11.6 Å². The third-order valence-electron chi connectivity index (χ3n) is 7.36. The molecule has 0 aliphatic carbocycles. The van der Waals surface area contributed by atoms with Crippen LogP contribution in [0.4, 0.5) is 17.6 Å². The van der Waals surface area contributed by atoms with Crippen LogP contribution in [0.2, 0.25) is 0 Å². The first-order chi connectivity index (χ1) is 18.9. The average molecular weight is 560 g/mol. The molecule has 0 bridgehead atoms. The molecule has 14 heteroatoms. The van der Waals surface area contributed by atoms with Crippen LogP contribution >= 0.6 is 0 Å². The molecular weight excluding hydrogens is 534 g/mol. The fraction of sp³-hybridized carbons (Fsp3) is 0.423. The van der Waals surface area contributed by atoms with Gasteiger partial charge >= 0.3 is 6.18 Å². The summed E-state index contributed by atoms with van der Waals surface area (Å²) in [5.74, 6) is -1.25. The summed E-state index contributed by atoms with van der Waals surface area (Å²) in [6.45, 7) is 1.32. The molecule has 0 N–H and O–H groups in total. The zero-order valence-corrected chi connectivity index (χ0v) is 21.7. The maximum absolute atomic E-state index is 15.2. The highest BCUT2D eigenvalue weighted by Gasteiger charge is 2.53. The van der Waals surface area contributed by atoms with E-state index >= 15 is 4.39 Å². The summed E-state index contributed by atoms with van der Waals surface area (Å²) in [7, 11) is 1.52. The van der Waals surface area contributed by atoms with Crippen LogP contribution in [0.3, 0.4) is 0 Å². The molecule has 2 aliphatic heterocycles. The molecule has 0 atom stereocenters. The van der Waals surface area contributed by atoms with Crippen LogP contribution in [0.1, 0.15) is 30.1 Å². The molecule has 10 nitrogen and oxygen atoms in total. The predicted molar refractivity (Wildman–Crippen MR) is 133 cm³/mol. The number of amides is 2. The summed E-state index contributed by atoms with van der Waals surface area (Å²) >= 11 is 0. The van der Waals surface area contributed by atoms with Gasteiger partial charge in [0, 0.05) is 48.3 Å². The smallest absolute Gasteiger partial charge is 0.409 e. The number of aromatic nitrogens is 4. The number of alkyl halides is 4. The number of carbonyl (C=O) groups is 2. The second-order valence-electron chi connectivity index (χ2n) is 9.91. The number of pyridine rings is 1. The minimum Gasteiger partial charge on any atom is -0.494 e. The standard InChI is InChI=1S/C26H25F4N7O3/c1-16-20(17-9-21(40-2)23-18(10-31)11-32-36(23)13-17)12-33-37(16)19-4-7-34(8-5-19)24(39)25(27)14-35(15-25)22(38)3-6-26(28,29)30/h3,6,9,11-13,19H,4-5,7-8,14-15H2,1-2H3/b6-3+. The van der Waals surface area contributed by atoms with E-state index < -0.39 is 36.7 Å². The fourth-order valence-corrected chi connectivity index (χ4v) is 5.26. The SMILES string of the molecule is COc1cc(-c2cnn(C3CCN(C(=O)C4(F)CN(C(=O)/C=C/C(F)(F)F)C4)CC3)c2C)cn2ncc(C#N)c12. The molecule has 0 unspecified atom stereocenters. The Morgan fingerprint density at radius 2 is 1.88 bits per heavy atom. The quantitative estimate of drug-likeness (QED) is 0.351. The minimum atomic E-state index is -4.65. The number of nitriles is 1. The Kier molecular flexibility index (Phi) is 6.77. The number of hydrogen-bond donors (Lipinski definition) is 0. The number of nitrogens with zero attached hydrogens (tertiary/aromatic N) is 7. The number of hydrogen-bond acceptors (Lipinski definition) is 6. The molecular formula is C26H25F4N7O3. The highest BCUT2D eigenvalue weighted by Crippen LogP contribution is 2.35. The Labute approximate surface area is 226 Å². The Hall–Kier alpha value is -4.41. The lowest BCUT2D eigenvalue weighted by atomic mass is 9.92. The van der Waals surface area contributed by atoms with Crippen molar-refractivity contribution in [3.63, 3.8) is 0 Å².